The van der Waals surface area contributed by atoms with Gasteiger partial charge in [-0.05, 0) is 37.9 Å². The molecule has 0 radical (unpaired) electrons. The lowest BCUT2D eigenvalue weighted by Gasteiger charge is -2.17. The third-order valence-electron chi connectivity index (χ3n) is 3.04. The summed E-state index contributed by atoms with van der Waals surface area (Å²) in [6.45, 7) is 4.46. The van der Waals surface area contributed by atoms with Gasteiger partial charge in [-0.3, -0.25) is 0 Å². The topological polar surface area (TPSA) is 35.2 Å². The Hall–Kier alpha value is -0.310. The number of thiocarbonyl (C=S) groups is 1. The second-order valence-corrected chi connectivity index (χ2v) is 5.16. The number of hydrogen-bond acceptors (Lipinski definition) is 2. The maximum Gasteiger partial charge on any atom is 0.254 e. The number of nitrogens with two attached hydrogens (primary N) is 1. The molecule has 0 rings (SSSR count). The third kappa shape index (κ3) is 11.9. The van der Waals surface area contributed by atoms with Crippen LogP contribution in [0.1, 0.15) is 78.1 Å². The fraction of sp³-hybridized carbons (Fsp3) is 0.929. The summed E-state index contributed by atoms with van der Waals surface area (Å²) < 4.78 is 5.51. The molecule has 0 aromatic carbocycles. The third-order valence-corrected chi connectivity index (χ3v) is 3.14. The second kappa shape index (κ2) is 12.2. The molecule has 0 saturated carbocycles. The highest BCUT2D eigenvalue weighted by atomic mass is 32.1. The normalized spacial score (nSPS) is 12.4. The molecule has 0 amide bonds. The molecule has 3 heteroatoms. The minimum Gasteiger partial charge on any atom is -0.468 e. The molecule has 0 aliphatic carbocycles. The van der Waals surface area contributed by atoms with Gasteiger partial charge in [-0.1, -0.05) is 52.4 Å². The predicted molar refractivity (Wildman–Crippen MR) is 79.2 cm³/mol. The summed E-state index contributed by atoms with van der Waals surface area (Å²) >= 11 is 4.83. The Bertz CT molecular complexity index is 185. The Kier molecular flexibility index (Phi) is 11.9. The lowest BCUT2D eigenvalue weighted by Crippen LogP contribution is -2.22. The van der Waals surface area contributed by atoms with Crippen LogP contribution in [0.5, 0.6) is 0 Å². The number of ether oxygens (including phenoxy) is 1. The summed E-state index contributed by atoms with van der Waals surface area (Å²) in [4.78, 5) is 0. The first-order valence-electron chi connectivity index (χ1n) is 7.16. The first-order chi connectivity index (χ1) is 8.20. The van der Waals surface area contributed by atoms with E-state index in [9.17, 15) is 0 Å². The lowest BCUT2D eigenvalue weighted by molar-refractivity contribution is 0.162. The van der Waals surface area contributed by atoms with Gasteiger partial charge < -0.3 is 10.5 Å². The zero-order valence-electron chi connectivity index (χ0n) is 11.5. The Morgan fingerprint density at radius 2 is 1.41 bits per heavy atom. The van der Waals surface area contributed by atoms with Crippen LogP contribution in [0.3, 0.4) is 0 Å². The standard InChI is InChI=1S/C14H29NOS/c1-3-5-7-8-10-12-13(16-14(15)17)11-9-6-4-2/h13H,3-12H2,1-2H3,(H2,15,17). The quantitative estimate of drug-likeness (QED) is 0.436. The van der Waals surface area contributed by atoms with Crippen LogP contribution in [0, 0.1) is 0 Å². The molecule has 0 heterocycles. The molecule has 0 aromatic rings. The average molecular weight is 259 g/mol. The van der Waals surface area contributed by atoms with E-state index in [1.54, 1.807) is 0 Å². The maximum atomic E-state index is 5.51. The molecule has 2 nitrogen and oxygen atoms in total. The van der Waals surface area contributed by atoms with Crippen molar-refractivity contribution in [2.24, 2.45) is 5.73 Å². The highest BCUT2D eigenvalue weighted by Crippen LogP contribution is 2.15. The molecular weight excluding hydrogens is 230 g/mol. The Morgan fingerprint density at radius 1 is 0.941 bits per heavy atom. The number of unbranched alkanes of at least 4 members (excludes halogenated alkanes) is 6. The van der Waals surface area contributed by atoms with Crippen molar-refractivity contribution in [1.29, 1.82) is 0 Å². The van der Waals surface area contributed by atoms with Gasteiger partial charge >= 0.3 is 0 Å². The van der Waals surface area contributed by atoms with Crippen LogP contribution in [-0.4, -0.2) is 11.3 Å². The molecule has 0 bridgehead atoms. The van der Waals surface area contributed by atoms with E-state index < -0.39 is 0 Å². The van der Waals surface area contributed by atoms with E-state index in [0.717, 1.165) is 12.8 Å². The highest BCUT2D eigenvalue weighted by molar-refractivity contribution is 7.80. The molecule has 0 fully saturated rings. The van der Waals surface area contributed by atoms with Crippen LogP contribution in [-0.2, 0) is 4.74 Å². The van der Waals surface area contributed by atoms with E-state index in [0.29, 0.717) is 0 Å². The van der Waals surface area contributed by atoms with Gasteiger partial charge in [0, 0.05) is 0 Å². The van der Waals surface area contributed by atoms with E-state index in [2.05, 4.69) is 13.8 Å². The van der Waals surface area contributed by atoms with Gasteiger partial charge in [0.15, 0.2) is 0 Å². The molecule has 1 atom stereocenters. The van der Waals surface area contributed by atoms with E-state index >= 15 is 0 Å². The van der Waals surface area contributed by atoms with Crippen LogP contribution in [0.15, 0.2) is 0 Å². The van der Waals surface area contributed by atoms with Crippen molar-refractivity contribution in [2.45, 2.75) is 84.2 Å². The summed E-state index contributed by atoms with van der Waals surface area (Å²) in [5.41, 5.74) is 5.46. The van der Waals surface area contributed by atoms with Crippen molar-refractivity contribution in [1.82, 2.24) is 0 Å². The van der Waals surface area contributed by atoms with Crippen molar-refractivity contribution in [3.05, 3.63) is 0 Å². The van der Waals surface area contributed by atoms with Gasteiger partial charge in [-0.2, -0.15) is 0 Å². The van der Waals surface area contributed by atoms with Gasteiger partial charge in [0.2, 0.25) is 0 Å². The first kappa shape index (κ1) is 16.7. The smallest absolute Gasteiger partial charge is 0.254 e. The van der Waals surface area contributed by atoms with E-state index in [4.69, 9.17) is 22.7 Å². The summed E-state index contributed by atoms with van der Waals surface area (Å²) in [5, 5.41) is 0.208. The monoisotopic (exact) mass is 259 g/mol. The first-order valence-corrected chi connectivity index (χ1v) is 7.57. The Labute approximate surface area is 112 Å². The SMILES string of the molecule is CCCCCCCC(CCCCC)OC(N)=S. The Balaban J connectivity index is 3.65. The van der Waals surface area contributed by atoms with Crippen LogP contribution in [0.4, 0.5) is 0 Å². The largest absolute Gasteiger partial charge is 0.468 e. The predicted octanol–water partition coefficient (Wildman–Crippen LogP) is 4.56. The summed E-state index contributed by atoms with van der Waals surface area (Å²) in [5.74, 6) is 0. The zero-order chi connectivity index (χ0) is 12.9. The zero-order valence-corrected chi connectivity index (χ0v) is 12.4. The van der Waals surface area contributed by atoms with Crippen LogP contribution < -0.4 is 5.73 Å². The van der Waals surface area contributed by atoms with Crippen molar-refractivity contribution in [3.63, 3.8) is 0 Å². The van der Waals surface area contributed by atoms with E-state index in [-0.39, 0.29) is 11.3 Å². The fourth-order valence-corrected chi connectivity index (χ4v) is 2.16. The summed E-state index contributed by atoms with van der Waals surface area (Å²) in [6, 6.07) is 0. The van der Waals surface area contributed by atoms with Crippen LogP contribution in [0.2, 0.25) is 0 Å². The average Bonchev–Trinajstić information content (AvgIpc) is 2.28. The van der Waals surface area contributed by atoms with Crippen molar-refractivity contribution in [2.75, 3.05) is 0 Å². The molecule has 102 valence electrons. The van der Waals surface area contributed by atoms with Crippen molar-refractivity contribution in [3.8, 4) is 0 Å². The van der Waals surface area contributed by atoms with Gasteiger partial charge in [-0.25, -0.2) is 0 Å². The van der Waals surface area contributed by atoms with Gasteiger partial charge in [-0.15, -0.1) is 0 Å². The van der Waals surface area contributed by atoms with Gasteiger partial charge in [0.05, 0.1) is 0 Å². The van der Waals surface area contributed by atoms with Crippen molar-refractivity contribution < 1.29 is 4.74 Å². The molecule has 0 aliphatic rings. The van der Waals surface area contributed by atoms with E-state index in [1.165, 1.54) is 51.4 Å². The maximum absolute atomic E-state index is 5.51. The van der Waals surface area contributed by atoms with Crippen molar-refractivity contribution >= 4 is 17.4 Å². The van der Waals surface area contributed by atoms with E-state index in [1.807, 2.05) is 0 Å². The van der Waals surface area contributed by atoms with Crippen LogP contribution in [0.25, 0.3) is 0 Å². The minimum atomic E-state index is 0.208. The second-order valence-electron chi connectivity index (χ2n) is 4.76. The van der Waals surface area contributed by atoms with Gasteiger partial charge in [0.1, 0.15) is 6.10 Å². The molecule has 0 aromatic heterocycles. The summed E-state index contributed by atoms with van der Waals surface area (Å²) in [7, 11) is 0. The lowest BCUT2D eigenvalue weighted by atomic mass is 10.0. The Morgan fingerprint density at radius 3 is 1.94 bits per heavy atom. The molecule has 2 N–H and O–H groups in total. The minimum absolute atomic E-state index is 0.208. The fourth-order valence-electron chi connectivity index (χ4n) is 2.02. The number of hydrogen-bond donors (Lipinski definition) is 1. The molecule has 0 aliphatic heterocycles. The number of rotatable bonds is 11. The van der Waals surface area contributed by atoms with Gasteiger partial charge in [0.25, 0.3) is 5.17 Å². The summed E-state index contributed by atoms with van der Waals surface area (Å²) in [6.07, 6.45) is 12.7. The molecular formula is C14H29NOS. The van der Waals surface area contributed by atoms with Crippen LogP contribution >= 0.6 is 12.2 Å². The highest BCUT2D eigenvalue weighted by Gasteiger charge is 2.10. The molecule has 1 unspecified atom stereocenters. The molecule has 0 saturated heterocycles. The molecule has 0 spiro atoms. The molecule has 17 heavy (non-hydrogen) atoms.